The Hall–Kier alpha value is -1.56. The fraction of sp³-hybridized carbons (Fsp3) is 0.562. The summed E-state index contributed by atoms with van der Waals surface area (Å²) in [7, 11) is 0. The molecule has 1 atom stereocenters. The molecule has 1 saturated carbocycles. The molecule has 0 bridgehead atoms. The zero-order valence-corrected chi connectivity index (χ0v) is 12.4. The van der Waals surface area contributed by atoms with Crippen LogP contribution in [0, 0.1) is 6.92 Å². The largest absolute Gasteiger partial charge is 0.416 e. The molecule has 0 radical (unpaired) electrons. The number of halogens is 3. The molecule has 1 aromatic carbocycles. The maximum absolute atomic E-state index is 13.0. The number of hydrogen-bond donors (Lipinski definition) is 2. The molecule has 1 amide bonds. The summed E-state index contributed by atoms with van der Waals surface area (Å²) in [6.07, 6.45) is -1.26. The Balaban J connectivity index is 1.83. The Morgan fingerprint density at radius 3 is 2.59 bits per heavy atom. The van der Waals surface area contributed by atoms with E-state index in [-0.39, 0.29) is 11.9 Å². The standard InChI is InChI=1S/C16H19F3N2O/c1-10-7-11(9-12(8-10)16(17,18)19)15(4-5-15)21-14(22)13-3-2-6-20-13/h7-9,13,20H,2-6H2,1H3,(H,21,22)/t13-/m0/s1. The number of rotatable bonds is 3. The van der Waals surface area contributed by atoms with Crippen molar-refractivity contribution in [2.24, 2.45) is 0 Å². The lowest BCUT2D eigenvalue weighted by Gasteiger charge is -2.22. The van der Waals surface area contributed by atoms with Crippen molar-refractivity contribution in [3.8, 4) is 0 Å². The molecule has 6 heteroatoms. The first-order chi connectivity index (χ1) is 10.3. The molecule has 3 nitrogen and oxygen atoms in total. The van der Waals surface area contributed by atoms with E-state index in [0.29, 0.717) is 24.0 Å². The maximum atomic E-state index is 13.0. The van der Waals surface area contributed by atoms with Crippen molar-refractivity contribution >= 4 is 5.91 Å². The van der Waals surface area contributed by atoms with E-state index in [0.717, 1.165) is 25.5 Å². The molecule has 0 unspecified atom stereocenters. The van der Waals surface area contributed by atoms with Crippen molar-refractivity contribution in [3.05, 3.63) is 34.9 Å². The summed E-state index contributed by atoms with van der Waals surface area (Å²) in [5.74, 6) is -0.106. The Kier molecular flexibility index (Phi) is 3.67. The second kappa shape index (κ2) is 5.26. The van der Waals surface area contributed by atoms with Crippen LogP contribution in [0.3, 0.4) is 0 Å². The molecular formula is C16H19F3N2O. The van der Waals surface area contributed by atoms with Gasteiger partial charge in [-0.25, -0.2) is 0 Å². The van der Waals surface area contributed by atoms with Crippen LogP contribution in [-0.2, 0) is 16.5 Å². The van der Waals surface area contributed by atoms with Crippen LogP contribution < -0.4 is 10.6 Å². The Morgan fingerprint density at radius 2 is 2.05 bits per heavy atom. The lowest BCUT2D eigenvalue weighted by atomic mass is 9.98. The molecule has 22 heavy (non-hydrogen) atoms. The number of amides is 1. The van der Waals surface area contributed by atoms with Gasteiger partial charge in [0, 0.05) is 0 Å². The summed E-state index contributed by atoms with van der Waals surface area (Å²) >= 11 is 0. The molecule has 1 aliphatic heterocycles. The maximum Gasteiger partial charge on any atom is 0.416 e. The van der Waals surface area contributed by atoms with Gasteiger partial charge in [-0.15, -0.1) is 0 Å². The van der Waals surface area contributed by atoms with E-state index in [4.69, 9.17) is 0 Å². The molecule has 0 aromatic heterocycles. The number of nitrogens with one attached hydrogen (secondary N) is 2. The normalized spacial score (nSPS) is 23.4. The molecule has 120 valence electrons. The van der Waals surface area contributed by atoms with Crippen LogP contribution >= 0.6 is 0 Å². The van der Waals surface area contributed by atoms with E-state index in [1.54, 1.807) is 13.0 Å². The molecule has 1 aliphatic carbocycles. The zero-order chi connectivity index (χ0) is 16.0. The van der Waals surface area contributed by atoms with Crippen molar-refractivity contribution in [2.75, 3.05) is 6.54 Å². The van der Waals surface area contributed by atoms with Crippen molar-refractivity contribution in [1.82, 2.24) is 10.6 Å². The minimum Gasteiger partial charge on any atom is -0.345 e. The summed E-state index contributed by atoms with van der Waals surface area (Å²) in [5.41, 5.74) is -0.148. The van der Waals surface area contributed by atoms with Gasteiger partial charge in [0.15, 0.2) is 0 Å². The Bertz CT molecular complexity index is 588. The van der Waals surface area contributed by atoms with Gasteiger partial charge < -0.3 is 10.6 Å². The summed E-state index contributed by atoms with van der Waals surface area (Å²) in [6.45, 7) is 2.46. The van der Waals surface area contributed by atoms with Crippen LogP contribution in [-0.4, -0.2) is 18.5 Å². The molecule has 2 fully saturated rings. The number of carbonyl (C=O) groups excluding carboxylic acids is 1. The molecule has 1 saturated heterocycles. The highest BCUT2D eigenvalue weighted by Crippen LogP contribution is 2.47. The topological polar surface area (TPSA) is 41.1 Å². The molecule has 2 N–H and O–H groups in total. The highest BCUT2D eigenvalue weighted by atomic mass is 19.4. The van der Waals surface area contributed by atoms with E-state index in [9.17, 15) is 18.0 Å². The van der Waals surface area contributed by atoms with Gasteiger partial charge in [0.25, 0.3) is 0 Å². The van der Waals surface area contributed by atoms with Gasteiger partial charge in [-0.1, -0.05) is 11.6 Å². The number of alkyl halides is 3. The van der Waals surface area contributed by atoms with Crippen molar-refractivity contribution in [1.29, 1.82) is 0 Å². The predicted molar refractivity (Wildman–Crippen MR) is 76.3 cm³/mol. The van der Waals surface area contributed by atoms with Gasteiger partial charge in [0.05, 0.1) is 17.1 Å². The van der Waals surface area contributed by atoms with Crippen LogP contribution in [0.15, 0.2) is 18.2 Å². The third-order valence-electron chi connectivity index (χ3n) is 4.45. The van der Waals surface area contributed by atoms with Gasteiger partial charge in [0.1, 0.15) is 0 Å². The van der Waals surface area contributed by atoms with E-state index >= 15 is 0 Å². The summed E-state index contributed by atoms with van der Waals surface area (Å²) in [6, 6.07) is 3.83. The number of benzene rings is 1. The fourth-order valence-electron chi connectivity index (χ4n) is 3.07. The first-order valence-electron chi connectivity index (χ1n) is 7.55. The summed E-state index contributed by atoms with van der Waals surface area (Å²) < 4.78 is 38.9. The highest BCUT2D eigenvalue weighted by Gasteiger charge is 2.47. The summed E-state index contributed by atoms with van der Waals surface area (Å²) in [5, 5.41) is 6.08. The molecule has 0 spiro atoms. The number of aryl methyl sites for hydroxylation is 1. The highest BCUT2D eigenvalue weighted by molar-refractivity contribution is 5.83. The van der Waals surface area contributed by atoms with E-state index < -0.39 is 17.3 Å². The number of hydrogen-bond acceptors (Lipinski definition) is 2. The predicted octanol–water partition coefficient (Wildman–Crippen LogP) is 2.87. The average molecular weight is 312 g/mol. The van der Waals surface area contributed by atoms with E-state index in [2.05, 4.69) is 10.6 Å². The third-order valence-corrected chi connectivity index (χ3v) is 4.45. The quantitative estimate of drug-likeness (QED) is 0.901. The van der Waals surface area contributed by atoms with Crippen LogP contribution in [0.1, 0.15) is 42.4 Å². The van der Waals surface area contributed by atoms with Crippen LogP contribution in [0.4, 0.5) is 13.2 Å². The second-order valence-corrected chi connectivity index (χ2v) is 6.31. The zero-order valence-electron chi connectivity index (χ0n) is 12.4. The lowest BCUT2D eigenvalue weighted by molar-refractivity contribution is -0.137. The minimum absolute atomic E-state index is 0.106. The Morgan fingerprint density at radius 1 is 1.32 bits per heavy atom. The average Bonchev–Trinajstić information content (AvgIpc) is 3.00. The van der Waals surface area contributed by atoms with Crippen molar-refractivity contribution < 1.29 is 18.0 Å². The van der Waals surface area contributed by atoms with Crippen LogP contribution in [0.25, 0.3) is 0 Å². The van der Waals surface area contributed by atoms with Gasteiger partial charge in [-0.05, 0) is 56.8 Å². The second-order valence-electron chi connectivity index (χ2n) is 6.31. The lowest BCUT2D eigenvalue weighted by Crippen LogP contribution is -2.45. The third kappa shape index (κ3) is 2.97. The molecule has 3 rings (SSSR count). The monoisotopic (exact) mass is 312 g/mol. The first kappa shape index (κ1) is 15.3. The van der Waals surface area contributed by atoms with Crippen molar-refractivity contribution in [2.45, 2.75) is 50.4 Å². The van der Waals surface area contributed by atoms with Gasteiger partial charge in [0.2, 0.25) is 5.91 Å². The SMILES string of the molecule is Cc1cc(C(F)(F)F)cc(C2(NC(=O)[C@@H]3CCCN3)CC2)c1. The fourth-order valence-corrected chi connectivity index (χ4v) is 3.07. The Labute approximate surface area is 127 Å². The van der Waals surface area contributed by atoms with Gasteiger partial charge in [-0.2, -0.15) is 13.2 Å². The molecular weight excluding hydrogens is 293 g/mol. The van der Waals surface area contributed by atoms with Gasteiger partial charge in [-0.3, -0.25) is 4.79 Å². The first-order valence-corrected chi connectivity index (χ1v) is 7.55. The van der Waals surface area contributed by atoms with Crippen molar-refractivity contribution in [3.63, 3.8) is 0 Å². The molecule has 2 aliphatic rings. The summed E-state index contributed by atoms with van der Waals surface area (Å²) in [4.78, 5) is 12.2. The smallest absolute Gasteiger partial charge is 0.345 e. The number of carbonyl (C=O) groups is 1. The van der Waals surface area contributed by atoms with Gasteiger partial charge >= 0.3 is 6.18 Å². The van der Waals surface area contributed by atoms with E-state index in [1.807, 2.05) is 0 Å². The van der Waals surface area contributed by atoms with Crippen LogP contribution in [0.5, 0.6) is 0 Å². The van der Waals surface area contributed by atoms with E-state index in [1.165, 1.54) is 6.07 Å². The van der Waals surface area contributed by atoms with Crippen LogP contribution in [0.2, 0.25) is 0 Å². The minimum atomic E-state index is -4.37. The molecule has 1 heterocycles. The molecule has 1 aromatic rings.